The van der Waals surface area contributed by atoms with Gasteiger partial charge in [-0.3, -0.25) is 0 Å². The molecule has 4 heteroatoms. The Bertz CT molecular complexity index is 626. The average molecular weight is 305 g/mol. The number of aromatic nitrogens is 1. The van der Waals surface area contributed by atoms with Crippen LogP contribution in [0.1, 0.15) is 36.5 Å². The van der Waals surface area contributed by atoms with Crippen LogP contribution in [-0.4, -0.2) is 12.0 Å². The number of benzene rings is 1. The monoisotopic (exact) mass is 304 g/mol. The second-order valence-electron chi connectivity index (χ2n) is 5.34. The van der Waals surface area contributed by atoms with E-state index < -0.39 is 0 Å². The third-order valence-corrected chi connectivity index (χ3v) is 3.75. The standard InChI is InChI=1S/C17H21ClN2O/c1-11(2)14-9-16(12(3)8-15(14)18)21-10-13-6-5-7-20-17(13)19-4/h5-9,11H,10H2,1-4H3,(H,19,20). The number of halogens is 1. The SMILES string of the molecule is CNc1ncccc1COc1cc(C(C)C)c(Cl)cc1C. The van der Waals surface area contributed by atoms with Crippen molar-refractivity contribution in [1.82, 2.24) is 4.98 Å². The summed E-state index contributed by atoms with van der Waals surface area (Å²) in [4.78, 5) is 4.28. The molecule has 0 amide bonds. The van der Waals surface area contributed by atoms with Crippen molar-refractivity contribution in [2.75, 3.05) is 12.4 Å². The fraction of sp³-hybridized carbons (Fsp3) is 0.353. The number of rotatable bonds is 5. The van der Waals surface area contributed by atoms with Gasteiger partial charge in [-0.15, -0.1) is 0 Å². The summed E-state index contributed by atoms with van der Waals surface area (Å²) < 4.78 is 5.97. The lowest BCUT2D eigenvalue weighted by atomic mass is 10.0. The molecule has 0 aliphatic rings. The number of hydrogen-bond acceptors (Lipinski definition) is 3. The first-order valence-electron chi connectivity index (χ1n) is 7.07. The molecule has 1 heterocycles. The second kappa shape index (κ2) is 6.81. The van der Waals surface area contributed by atoms with E-state index in [9.17, 15) is 0 Å². The number of nitrogens with zero attached hydrogens (tertiary/aromatic N) is 1. The van der Waals surface area contributed by atoms with Crippen molar-refractivity contribution >= 4 is 17.4 Å². The number of ether oxygens (including phenoxy) is 1. The highest BCUT2D eigenvalue weighted by Gasteiger charge is 2.11. The van der Waals surface area contributed by atoms with Gasteiger partial charge in [0.05, 0.1) is 0 Å². The number of hydrogen-bond donors (Lipinski definition) is 1. The molecule has 2 aromatic rings. The van der Waals surface area contributed by atoms with Crippen molar-refractivity contribution < 1.29 is 4.74 Å². The van der Waals surface area contributed by atoms with Gasteiger partial charge in [-0.1, -0.05) is 31.5 Å². The van der Waals surface area contributed by atoms with E-state index >= 15 is 0 Å². The first-order chi connectivity index (χ1) is 10.0. The van der Waals surface area contributed by atoms with Crippen molar-refractivity contribution in [3.05, 3.63) is 52.2 Å². The Labute approximate surface area is 131 Å². The van der Waals surface area contributed by atoms with Crippen molar-refractivity contribution in [1.29, 1.82) is 0 Å². The summed E-state index contributed by atoms with van der Waals surface area (Å²) in [5.41, 5.74) is 3.18. The third kappa shape index (κ3) is 3.67. The number of aryl methyl sites for hydroxylation is 1. The zero-order valence-electron chi connectivity index (χ0n) is 12.9. The Morgan fingerprint density at radius 1 is 1.33 bits per heavy atom. The zero-order valence-corrected chi connectivity index (χ0v) is 13.7. The van der Waals surface area contributed by atoms with Gasteiger partial charge in [0.1, 0.15) is 18.2 Å². The van der Waals surface area contributed by atoms with Gasteiger partial charge in [0.2, 0.25) is 0 Å². The Morgan fingerprint density at radius 3 is 2.76 bits per heavy atom. The molecule has 0 radical (unpaired) electrons. The number of nitrogens with one attached hydrogen (secondary N) is 1. The molecule has 3 nitrogen and oxygen atoms in total. The minimum atomic E-state index is 0.367. The summed E-state index contributed by atoms with van der Waals surface area (Å²) in [5, 5.41) is 3.87. The molecule has 0 saturated carbocycles. The minimum absolute atomic E-state index is 0.367. The van der Waals surface area contributed by atoms with Crippen molar-refractivity contribution in [2.24, 2.45) is 0 Å². The molecule has 0 spiro atoms. The summed E-state index contributed by atoms with van der Waals surface area (Å²) in [6.45, 7) is 6.73. The maximum atomic E-state index is 6.29. The molecule has 21 heavy (non-hydrogen) atoms. The minimum Gasteiger partial charge on any atom is -0.488 e. The molecule has 1 N–H and O–H groups in total. The second-order valence-corrected chi connectivity index (χ2v) is 5.75. The predicted octanol–water partition coefficient (Wildman–Crippen LogP) is 4.79. The highest BCUT2D eigenvalue weighted by Crippen LogP contribution is 2.32. The number of anilines is 1. The average Bonchev–Trinajstić information content (AvgIpc) is 2.46. The lowest BCUT2D eigenvalue weighted by molar-refractivity contribution is 0.304. The van der Waals surface area contributed by atoms with E-state index in [0.29, 0.717) is 12.5 Å². The fourth-order valence-corrected chi connectivity index (χ4v) is 2.64. The van der Waals surface area contributed by atoms with Crippen LogP contribution in [0.15, 0.2) is 30.5 Å². The molecular weight excluding hydrogens is 284 g/mol. The van der Waals surface area contributed by atoms with E-state index in [-0.39, 0.29) is 0 Å². The first-order valence-corrected chi connectivity index (χ1v) is 7.45. The molecule has 0 aliphatic carbocycles. The van der Waals surface area contributed by atoms with E-state index in [1.165, 1.54) is 0 Å². The third-order valence-electron chi connectivity index (χ3n) is 3.43. The Hall–Kier alpha value is -1.74. The molecule has 112 valence electrons. The first kappa shape index (κ1) is 15.6. The summed E-state index contributed by atoms with van der Waals surface area (Å²) in [7, 11) is 1.86. The zero-order chi connectivity index (χ0) is 15.4. The van der Waals surface area contributed by atoms with Crippen LogP contribution in [0.3, 0.4) is 0 Å². The summed E-state index contributed by atoms with van der Waals surface area (Å²) in [6.07, 6.45) is 1.76. The van der Waals surface area contributed by atoms with E-state index in [1.807, 2.05) is 38.2 Å². The summed E-state index contributed by atoms with van der Waals surface area (Å²) in [6, 6.07) is 7.92. The van der Waals surface area contributed by atoms with Gasteiger partial charge in [0, 0.05) is 23.8 Å². The van der Waals surface area contributed by atoms with Crippen LogP contribution in [-0.2, 0) is 6.61 Å². The molecule has 0 atom stereocenters. The van der Waals surface area contributed by atoms with Gasteiger partial charge < -0.3 is 10.1 Å². The molecule has 0 unspecified atom stereocenters. The van der Waals surface area contributed by atoms with Crippen molar-refractivity contribution in [3.8, 4) is 5.75 Å². The maximum Gasteiger partial charge on any atom is 0.132 e. The van der Waals surface area contributed by atoms with Gasteiger partial charge in [-0.2, -0.15) is 0 Å². The Kier molecular flexibility index (Phi) is 5.07. The lowest BCUT2D eigenvalue weighted by Crippen LogP contribution is -2.03. The summed E-state index contributed by atoms with van der Waals surface area (Å²) >= 11 is 6.29. The Balaban J connectivity index is 2.22. The Morgan fingerprint density at radius 2 is 2.10 bits per heavy atom. The topological polar surface area (TPSA) is 34.2 Å². The molecular formula is C17H21ClN2O. The van der Waals surface area contributed by atoms with Crippen LogP contribution in [0.2, 0.25) is 5.02 Å². The fourth-order valence-electron chi connectivity index (χ4n) is 2.20. The normalized spacial score (nSPS) is 10.8. The van der Waals surface area contributed by atoms with Crippen LogP contribution in [0.25, 0.3) is 0 Å². The van der Waals surface area contributed by atoms with Crippen molar-refractivity contribution in [3.63, 3.8) is 0 Å². The van der Waals surface area contributed by atoms with Crippen LogP contribution in [0, 0.1) is 6.92 Å². The molecule has 0 fully saturated rings. The molecule has 1 aromatic heterocycles. The quantitative estimate of drug-likeness (QED) is 0.862. The van der Waals surface area contributed by atoms with Crippen LogP contribution in [0.5, 0.6) is 5.75 Å². The van der Waals surface area contributed by atoms with Crippen molar-refractivity contribution in [2.45, 2.75) is 33.3 Å². The smallest absolute Gasteiger partial charge is 0.132 e. The largest absolute Gasteiger partial charge is 0.488 e. The molecule has 0 bridgehead atoms. The molecule has 0 aliphatic heterocycles. The van der Waals surface area contributed by atoms with Crippen LogP contribution < -0.4 is 10.1 Å². The van der Waals surface area contributed by atoms with E-state index in [0.717, 1.165) is 33.3 Å². The highest BCUT2D eigenvalue weighted by molar-refractivity contribution is 6.31. The molecule has 2 rings (SSSR count). The van der Waals surface area contributed by atoms with Crippen LogP contribution >= 0.6 is 11.6 Å². The van der Waals surface area contributed by atoms with E-state index in [2.05, 4.69) is 24.1 Å². The van der Waals surface area contributed by atoms with Gasteiger partial charge in [0.15, 0.2) is 0 Å². The van der Waals surface area contributed by atoms with Crippen LogP contribution in [0.4, 0.5) is 5.82 Å². The molecule has 1 aromatic carbocycles. The van der Waals surface area contributed by atoms with Gasteiger partial charge in [-0.25, -0.2) is 4.98 Å². The highest BCUT2D eigenvalue weighted by atomic mass is 35.5. The van der Waals surface area contributed by atoms with Gasteiger partial charge in [-0.05, 0) is 42.2 Å². The predicted molar refractivity (Wildman–Crippen MR) is 88.4 cm³/mol. The number of pyridine rings is 1. The van der Waals surface area contributed by atoms with E-state index in [4.69, 9.17) is 16.3 Å². The lowest BCUT2D eigenvalue weighted by Gasteiger charge is -2.15. The van der Waals surface area contributed by atoms with Gasteiger partial charge in [0.25, 0.3) is 0 Å². The summed E-state index contributed by atoms with van der Waals surface area (Å²) in [5.74, 6) is 2.08. The maximum absolute atomic E-state index is 6.29. The van der Waals surface area contributed by atoms with E-state index in [1.54, 1.807) is 6.20 Å². The van der Waals surface area contributed by atoms with Gasteiger partial charge >= 0.3 is 0 Å². The molecule has 0 saturated heterocycles.